The van der Waals surface area contributed by atoms with Crippen LogP contribution < -0.4 is 0 Å². The third-order valence-electron chi connectivity index (χ3n) is 4.49. The van der Waals surface area contributed by atoms with Crippen molar-refractivity contribution in [3.05, 3.63) is 89.3 Å². The molecule has 2 aromatic rings. The van der Waals surface area contributed by atoms with Crippen LogP contribution in [0.2, 0.25) is 5.28 Å². The van der Waals surface area contributed by atoms with Crippen LogP contribution in [0.4, 0.5) is 0 Å². The molecule has 0 aliphatic heterocycles. The van der Waals surface area contributed by atoms with Crippen LogP contribution >= 0.6 is 11.6 Å². The van der Waals surface area contributed by atoms with E-state index in [0.717, 1.165) is 30.4 Å². The van der Waals surface area contributed by atoms with Gasteiger partial charge < -0.3 is 0 Å². The number of nitrogens with zero attached hydrogens (tertiary/aromatic N) is 3. The molecule has 1 atom stereocenters. The van der Waals surface area contributed by atoms with Crippen molar-refractivity contribution >= 4 is 22.7 Å². The summed E-state index contributed by atoms with van der Waals surface area (Å²) in [7, 11) is 0. The SMILES string of the molecule is Clc1nc(C2=CCC(c3ccccc3)C=C2)nc(C2=CC=CCC2)n1. The third kappa shape index (κ3) is 3.62. The van der Waals surface area contributed by atoms with E-state index in [0.29, 0.717) is 17.6 Å². The van der Waals surface area contributed by atoms with Crippen LogP contribution in [0.15, 0.2) is 66.8 Å². The zero-order valence-electron chi connectivity index (χ0n) is 13.8. The van der Waals surface area contributed by atoms with Crippen LogP contribution in [0.5, 0.6) is 0 Å². The molecule has 0 bridgehead atoms. The Morgan fingerprint density at radius 3 is 2.56 bits per heavy atom. The molecule has 1 heterocycles. The molecule has 4 rings (SSSR count). The number of allylic oxidation sites excluding steroid dienone is 8. The highest BCUT2D eigenvalue weighted by atomic mass is 35.5. The van der Waals surface area contributed by atoms with E-state index in [2.05, 4.69) is 69.6 Å². The minimum Gasteiger partial charge on any atom is -0.208 e. The Labute approximate surface area is 152 Å². The molecule has 124 valence electrons. The zero-order valence-corrected chi connectivity index (χ0v) is 14.5. The predicted octanol–water partition coefficient (Wildman–Crippen LogP) is 5.39. The second-order valence-electron chi connectivity index (χ2n) is 6.18. The van der Waals surface area contributed by atoms with Gasteiger partial charge >= 0.3 is 0 Å². The van der Waals surface area contributed by atoms with Crippen molar-refractivity contribution in [2.75, 3.05) is 0 Å². The van der Waals surface area contributed by atoms with E-state index in [9.17, 15) is 0 Å². The Hall–Kier alpha value is -2.52. The van der Waals surface area contributed by atoms with Gasteiger partial charge in [-0.2, -0.15) is 9.97 Å². The predicted molar refractivity (Wildman–Crippen MR) is 102 cm³/mol. The second-order valence-corrected chi connectivity index (χ2v) is 6.52. The lowest BCUT2D eigenvalue weighted by Crippen LogP contribution is -2.05. The summed E-state index contributed by atoms with van der Waals surface area (Å²) in [6.45, 7) is 0. The van der Waals surface area contributed by atoms with Crippen molar-refractivity contribution in [3.63, 3.8) is 0 Å². The van der Waals surface area contributed by atoms with E-state index >= 15 is 0 Å². The lowest BCUT2D eigenvalue weighted by Gasteiger charge is -2.16. The minimum absolute atomic E-state index is 0.245. The largest absolute Gasteiger partial charge is 0.226 e. The molecule has 0 N–H and O–H groups in total. The molecule has 0 fully saturated rings. The molecule has 2 aliphatic carbocycles. The van der Waals surface area contributed by atoms with Gasteiger partial charge in [-0.3, -0.25) is 0 Å². The summed E-state index contributed by atoms with van der Waals surface area (Å²) in [6.07, 6.45) is 15.6. The summed E-state index contributed by atoms with van der Waals surface area (Å²) < 4.78 is 0. The molecule has 1 aromatic heterocycles. The zero-order chi connectivity index (χ0) is 17.1. The van der Waals surface area contributed by atoms with Crippen LogP contribution in [0.1, 0.15) is 42.4 Å². The molecule has 0 amide bonds. The van der Waals surface area contributed by atoms with Crippen molar-refractivity contribution in [1.29, 1.82) is 0 Å². The van der Waals surface area contributed by atoms with Gasteiger partial charge in [0.25, 0.3) is 0 Å². The van der Waals surface area contributed by atoms with Gasteiger partial charge in [0.1, 0.15) is 0 Å². The topological polar surface area (TPSA) is 38.7 Å². The van der Waals surface area contributed by atoms with Gasteiger partial charge in [0, 0.05) is 11.5 Å². The summed E-state index contributed by atoms with van der Waals surface area (Å²) in [5.74, 6) is 1.72. The highest BCUT2D eigenvalue weighted by molar-refractivity contribution is 6.28. The third-order valence-corrected chi connectivity index (χ3v) is 4.66. The van der Waals surface area contributed by atoms with E-state index in [1.54, 1.807) is 0 Å². The highest BCUT2D eigenvalue weighted by Crippen LogP contribution is 2.30. The van der Waals surface area contributed by atoms with E-state index in [1.165, 1.54) is 5.56 Å². The molecule has 4 heteroatoms. The smallest absolute Gasteiger partial charge is 0.208 e. The van der Waals surface area contributed by atoms with Crippen LogP contribution in [-0.4, -0.2) is 15.0 Å². The van der Waals surface area contributed by atoms with Crippen molar-refractivity contribution in [3.8, 4) is 0 Å². The Morgan fingerprint density at radius 1 is 1.00 bits per heavy atom. The second kappa shape index (κ2) is 7.16. The summed E-state index contributed by atoms with van der Waals surface area (Å²) in [6, 6.07) is 10.5. The van der Waals surface area contributed by atoms with Gasteiger partial charge in [-0.15, -0.1) is 0 Å². The first-order valence-corrected chi connectivity index (χ1v) is 8.89. The molecular weight excluding hydrogens is 330 g/mol. The summed E-state index contributed by atoms with van der Waals surface area (Å²) in [5, 5.41) is 0.245. The number of benzene rings is 1. The van der Waals surface area contributed by atoms with Crippen molar-refractivity contribution in [1.82, 2.24) is 15.0 Å². The Balaban J connectivity index is 1.60. The van der Waals surface area contributed by atoms with Crippen LogP contribution in [0.25, 0.3) is 11.1 Å². The van der Waals surface area contributed by atoms with Crippen molar-refractivity contribution in [2.24, 2.45) is 0 Å². The number of rotatable bonds is 3. The normalized spacial score (nSPS) is 19.5. The van der Waals surface area contributed by atoms with E-state index in [4.69, 9.17) is 11.6 Å². The molecule has 1 aromatic carbocycles. The van der Waals surface area contributed by atoms with Crippen LogP contribution in [-0.2, 0) is 0 Å². The molecule has 3 nitrogen and oxygen atoms in total. The van der Waals surface area contributed by atoms with Crippen LogP contribution in [0, 0.1) is 0 Å². The fourth-order valence-electron chi connectivity index (χ4n) is 3.15. The molecule has 25 heavy (non-hydrogen) atoms. The lowest BCUT2D eigenvalue weighted by atomic mass is 9.90. The van der Waals surface area contributed by atoms with E-state index in [1.807, 2.05) is 12.1 Å². The number of halogens is 1. The maximum absolute atomic E-state index is 6.15. The monoisotopic (exact) mass is 347 g/mol. The Morgan fingerprint density at radius 2 is 1.84 bits per heavy atom. The maximum atomic E-state index is 6.15. The number of hydrogen-bond acceptors (Lipinski definition) is 3. The molecule has 0 saturated carbocycles. The highest BCUT2D eigenvalue weighted by Gasteiger charge is 2.16. The fourth-order valence-corrected chi connectivity index (χ4v) is 3.31. The quantitative estimate of drug-likeness (QED) is 0.747. The standard InChI is InChI=1S/C21H18ClN3/c22-21-24-19(17-9-5-2-6-10-17)23-20(25-21)18-13-11-16(12-14-18)15-7-3-1-4-8-15/h1-5,7-9,11,13-14,16H,6,10,12H2. The first kappa shape index (κ1) is 16.0. The summed E-state index contributed by atoms with van der Waals surface area (Å²) in [4.78, 5) is 13.3. The van der Waals surface area contributed by atoms with Crippen LogP contribution in [0.3, 0.4) is 0 Å². The first-order chi connectivity index (χ1) is 12.3. The molecule has 0 saturated heterocycles. The van der Waals surface area contributed by atoms with Gasteiger partial charge in [-0.1, -0.05) is 66.8 Å². The summed E-state index contributed by atoms with van der Waals surface area (Å²) >= 11 is 6.15. The molecule has 0 spiro atoms. The Kier molecular flexibility index (Phi) is 4.57. The molecule has 1 unspecified atom stereocenters. The number of hydrogen-bond donors (Lipinski definition) is 0. The molecular formula is C21H18ClN3. The van der Waals surface area contributed by atoms with Gasteiger partial charge in [0.2, 0.25) is 5.28 Å². The van der Waals surface area contributed by atoms with Crippen molar-refractivity contribution in [2.45, 2.75) is 25.2 Å². The van der Waals surface area contributed by atoms with Gasteiger partial charge in [-0.05, 0) is 42.0 Å². The lowest BCUT2D eigenvalue weighted by molar-refractivity contribution is 0.852. The van der Waals surface area contributed by atoms with Gasteiger partial charge in [0.05, 0.1) is 0 Å². The van der Waals surface area contributed by atoms with E-state index < -0.39 is 0 Å². The minimum atomic E-state index is 0.245. The molecule has 2 aliphatic rings. The average Bonchev–Trinajstić information content (AvgIpc) is 2.69. The maximum Gasteiger partial charge on any atom is 0.226 e. The van der Waals surface area contributed by atoms with E-state index in [-0.39, 0.29) is 5.28 Å². The number of aromatic nitrogens is 3. The first-order valence-electron chi connectivity index (χ1n) is 8.51. The average molecular weight is 348 g/mol. The fraction of sp³-hybridized carbons (Fsp3) is 0.190. The Bertz CT molecular complexity index is 895. The summed E-state index contributed by atoms with van der Waals surface area (Å²) in [5.41, 5.74) is 3.43. The molecule has 0 radical (unpaired) electrons. The van der Waals surface area contributed by atoms with Gasteiger partial charge in [0.15, 0.2) is 11.6 Å². The van der Waals surface area contributed by atoms with Gasteiger partial charge in [-0.25, -0.2) is 4.98 Å². The van der Waals surface area contributed by atoms with Crippen molar-refractivity contribution < 1.29 is 0 Å².